The minimum atomic E-state index is -0.483. The average Bonchev–Trinajstić information content (AvgIpc) is 2.47. The molecule has 102 valence electrons. The van der Waals surface area contributed by atoms with Gasteiger partial charge in [0.05, 0.1) is 17.3 Å². The zero-order valence-electron chi connectivity index (χ0n) is 10.5. The molecule has 20 heavy (non-hydrogen) atoms. The van der Waals surface area contributed by atoms with Gasteiger partial charge in [-0.15, -0.1) is 0 Å². The molecule has 0 bridgehead atoms. The van der Waals surface area contributed by atoms with Gasteiger partial charge in [0.15, 0.2) is 0 Å². The predicted molar refractivity (Wildman–Crippen MR) is 76.5 cm³/mol. The number of aromatic nitrogens is 1. The Hall–Kier alpha value is -2.20. The van der Waals surface area contributed by atoms with Crippen LogP contribution in [0.1, 0.15) is 11.3 Å². The Morgan fingerprint density at radius 2 is 2.20 bits per heavy atom. The van der Waals surface area contributed by atoms with Gasteiger partial charge >= 0.3 is 0 Å². The molecule has 1 aromatic carbocycles. The number of halogens is 2. The fourth-order valence-electron chi connectivity index (χ4n) is 1.53. The summed E-state index contributed by atoms with van der Waals surface area (Å²) in [7, 11) is 0. The van der Waals surface area contributed by atoms with Gasteiger partial charge in [-0.3, -0.25) is 9.78 Å². The van der Waals surface area contributed by atoms with Crippen LogP contribution in [0.5, 0.6) is 0 Å². The van der Waals surface area contributed by atoms with Crippen LogP contribution in [0.25, 0.3) is 6.08 Å². The van der Waals surface area contributed by atoms with Crippen molar-refractivity contribution < 1.29 is 9.18 Å². The third-order valence-corrected chi connectivity index (χ3v) is 2.83. The summed E-state index contributed by atoms with van der Waals surface area (Å²) in [5.41, 5.74) is 1.43. The molecule has 3 nitrogen and oxygen atoms in total. The Balaban J connectivity index is 1.90. The topological polar surface area (TPSA) is 42.0 Å². The van der Waals surface area contributed by atoms with E-state index in [9.17, 15) is 9.18 Å². The summed E-state index contributed by atoms with van der Waals surface area (Å²) in [6.07, 6.45) is 4.60. The Morgan fingerprint density at radius 3 is 2.90 bits per heavy atom. The highest BCUT2D eigenvalue weighted by Gasteiger charge is 2.00. The number of hydrogen-bond acceptors (Lipinski definition) is 2. The van der Waals surface area contributed by atoms with E-state index in [2.05, 4.69) is 10.3 Å². The summed E-state index contributed by atoms with van der Waals surface area (Å²) >= 11 is 5.65. The maximum Gasteiger partial charge on any atom is 0.244 e. The molecule has 0 aliphatic rings. The Bertz CT molecular complexity index is 629. The highest BCUT2D eigenvalue weighted by Crippen LogP contribution is 2.16. The number of nitrogens with one attached hydrogen (secondary N) is 1. The Labute approximate surface area is 121 Å². The van der Waals surface area contributed by atoms with Crippen molar-refractivity contribution in [1.29, 1.82) is 0 Å². The Kier molecular flexibility index (Phi) is 4.85. The van der Waals surface area contributed by atoms with E-state index >= 15 is 0 Å². The van der Waals surface area contributed by atoms with Crippen LogP contribution in [0.15, 0.2) is 48.7 Å². The van der Waals surface area contributed by atoms with E-state index in [4.69, 9.17) is 11.6 Å². The number of benzene rings is 1. The van der Waals surface area contributed by atoms with Crippen LogP contribution in [0.3, 0.4) is 0 Å². The first-order valence-corrected chi connectivity index (χ1v) is 6.34. The van der Waals surface area contributed by atoms with Crippen molar-refractivity contribution in [3.8, 4) is 0 Å². The van der Waals surface area contributed by atoms with Gasteiger partial charge in [-0.2, -0.15) is 0 Å². The van der Waals surface area contributed by atoms with Gasteiger partial charge < -0.3 is 5.32 Å². The standard InChI is InChI=1S/C15H12ClFN2O/c16-13-9-11(4-6-14(13)17)5-7-15(20)19-10-12-3-1-2-8-18-12/h1-9H,10H2,(H,19,20)/b7-5+. The van der Waals surface area contributed by atoms with Crippen LogP contribution in [-0.2, 0) is 11.3 Å². The highest BCUT2D eigenvalue weighted by atomic mass is 35.5. The first-order chi connectivity index (χ1) is 9.65. The third-order valence-electron chi connectivity index (χ3n) is 2.54. The maximum atomic E-state index is 13.0. The van der Waals surface area contributed by atoms with E-state index in [1.165, 1.54) is 18.2 Å². The number of carbonyl (C=O) groups is 1. The molecule has 0 fully saturated rings. The van der Waals surface area contributed by atoms with Crippen LogP contribution >= 0.6 is 11.6 Å². The summed E-state index contributed by atoms with van der Waals surface area (Å²) in [6.45, 7) is 0.355. The summed E-state index contributed by atoms with van der Waals surface area (Å²) in [5.74, 6) is -0.737. The molecule has 2 aromatic rings. The molecule has 1 N–H and O–H groups in total. The summed E-state index contributed by atoms with van der Waals surface area (Å²) in [5, 5.41) is 2.73. The normalized spacial score (nSPS) is 10.7. The molecule has 0 spiro atoms. The lowest BCUT2D eigenvalue weighted by atomic mass is 10.2. The number of amides is 1. The molecule has 1 aromatic heterocycles. The molecule has 0 unspecified atom stereocenters. The highest BCUT2D eigenvalue weighted by molar-refractivity contribution is 6.30. The molecule has 1 heterocycles. The van der Waals surface area contributed by atoms with Gasteiger partial charge in [-0.05, 0) is 35.9 Å². The van der Waals surface area contributed by atoms with Crippen molar-refractivity contribution in [3.05, 3.63) is 70.8 Å². The zero-order chi connectivity index (χ0) is 14.4. The van der Waals surface area contributed by atoms with Gasteiger partial charge in [0.1, 0.15) is 5.82 Å². The first-order valence-electron chi connectivity index (χ1n) is 5.96. The van der Waals surface area contributed by atoms with E-state index in [0.29, 0.717) is 12.1 Å². The van der Waals surface area contributed by atoms with E-state index in [1.54, 1.807) is 18.3 Å². The summed E-state index contributed by atoms with van der Waals surface area (Å²) in [4.78, 5) is 15.7. The van der Waals surface area contributed by atoms with Gasteiger partial charge in [0.2, 0.25) is 5.91 Å². The molecule has 2 rings (SSSR count). The lowest BCUT2D eigenvalue weighted by Crippen LogP contribution is -2.20. The van der Waals surface area contributed by atoms with Crippen LogP contribution in [0.2, 0.25) is 5.02 Å². The number of nitrogens with zero attached hydrogens (tertiary/aromatic N) is 1. The predicted octanol–water partition coefficient (Wildman–Crippen LogP) is 3.20. The third kappa shape index (κ3) is 4.17. The minimum Gasteiger partial charge on any atom is -0.347 e. The average molecular weight is 291 g/mol. The smallest absolute Gasteiger partial charge is 0.244 e. The van der Waals surface area contributed by atoms with E-state index in [-0.39, 0.29) is 10.9 Å². The van der Waals surface area contributed by atoms with E-state index in [0.717, 1.165) is 5.69 Å². The molecule has 0 aliphatic heterocycles. The van der Waals surface area contributed by atoms with E-state index in [1.807, 2.05) is 18.2 Å². The lowest BCUT2D eigenvalue weighted by molar-refractivity contribution is -0.116. The lowest BCUT2D eigenvalue weighted by Gasteiger charge is -2.01. The van der Waals surface area contributed by atoms with Crippen molar-refractivity contribution >= 4 is 23.6 Å². The zero-order valence-corrected chi connectivity index (χ0v) is 11.3. The van der Waals surface area contributed by atoms with Gasteiger partial charge in [0, 0.05) is 12.3 Å². The van der Waals surface area contributed by atoms with Crippen molar-refractivity contribution in [1.82, 2.24) is 10.3 Å². The number of hydrogen-bond donors (Lipinski definition) is 1. The molecule has 0 saturated heterocycles. The quantitative estimate of drug-likeness (QED) is 0.879. The van der Waals surface area contributed by atoms with Crippen LogP contribution in [0, 0.1) is 5.82 Å². The number of rotatable bonds is 4. The van der Waals surface area contributed by atoms with Crippen molar-refractivity contribution in [2.75, 3.05) is 0 Å². The number of pyridine rings is 1. The molecular formula is C15H12ClFN2O. The second-order valence-electron chi connectivity index (χ2n) is 4.05. The summed E-state index contributed by atoms with van der Waals surface area (Å²) in [6, 6.07) is 9.75. The number of carbonyl (C=O) groups excluding carboxylic acids is 1. The van der Waals surface area contributed by atoms with Gasteiger partial charge in [0.25, 0.3) is 0 Å². The molecule has 0 saturated carbocycles. The van der Waals surface area contributed by atoms with E-state index < -0.39 is 5.82 Å². The largest absolute Gasteiger partial charge is 0.347 e. The monoisotopic (exact) mass is 290 g/mol. The molecule has 1 amide bonds. The first kappa shape index (κ1) is 14.2. The molecule has 0 atom stereocenters. The Morgan fingerprint density at radius 1 is 1.35 bits per heavy atom. The van der Waals surface area contributed by atoms with Crippen LogP contribution < -0.4 is 5.32 Å². The van der Waals surface area contributed by atoms with Crippen molar-refractivity contribution in [2.45, 2.75) is 6.54 Å². The van der Waals surface area contributed by atoms with Crippen molar-refractivity contribution in [2.24, 2.45) is 0 Å². The molecule has 5 heteroatoms. The SMILES string of the molecule is O=C(/C=C/c1ccc(F)c(Cl)c1)NCc1ccccn1. The van der Waals surface area contributed by atoms with Crippen LogP contribution in [-0.4, -0.2) is 10.9 Å². The second kappa shape index (κ2) is 6.82. The fourth-order valence-corrected chi connectivity index (χ4v) is 1.72. The fraction of sp³-hybridized carbons (Fsp3) is 0.0667. The molecular weight excluding hydrogens is 279 g/mol. The van der Waals surface area contributed by atoms with Gasteiger partial charge in [-0.25, -0.2) is 4.39 Å². The minimum absolute atomic E-state index is 0.0287. The second-order valence-corrected chi connectivity index (χ2v) is 4.45. The summed E-state index contributed by atoms with van der Waals surface area (Å²) < 4.78 is 13.0. The van der Waals surface area contributed by atoms with Crippen LogP contribution in [0.4, 0.5) is 4.39 Å². The molecule has 0 aliphatic carbocycles. The maximum absolute atomic E-state index is 13.0. The van der Waals surface area contributed by atoms with Gasteiger partial charge in [-0.1, -0.05) is 23.7 Å². The molecule has 0 radical (unpaired) electrons. The van der Waals surface area contributed by atoms with Crippen molar-refractivity contribution in [3.63, 3.8) is 0 Å².